The number of rotatable bonds is 4. The molecule has 0 bridgehead atoms. The van der Waals surface area contributed by atoms with Gasteiger partial charge >= 0.3 is 0 Å². The Morgan fingerprint density at radius 3 is 1.92 bits per heavy atom. The maximum atomic E-state index is 4.79. The Morgan fingerprint density at radius 2 is 1.26 bits per heavy atom. The van der Waals surface area contributed by atoms with Gasteiger partial charge in [-0.25, -0.2) is 4.98 Å². The van der Waals surface area contributed by atoms with E-state index >= 15 is 0 Å². The Labute approximate surface area is 228 Å². The van der Waals surface area contributed by atoms with Crippen molar-refractivity contribution in [2.24, 2.45) is 0 Å². The second kappa shape index (κ2) is 9.80. The van der Waals surface area contributed by atoms with Gasteiger partial charge in [0.05, 0.1) is 5.69 Å². The van der Waals surface area contributed by atoms with E-state index in [1.165, 1.54) is 38.5 Å². The summed E-state index contributed by atoms with van der Waals surface area (Å²) in [4.78, 5) is 7.08. The number of hydrogen-bond donors (Lipinski definition) is 0. The molecule has 0 N–H and O–H groups in total. The van der Waals surface area contributed by atoms with Crippen molar-refractivity contribution in [2.45, 2.75) is 52.4 Å². The van der Waals surface area contributed by atoms with E-state index in [2.05, 4.69) is 145 Å². The molecule has 0 fully saturated rings. The molecule has 1 aromatic heterocycles. The summed E-state index contributed by atoms with van der Waals surface area (Å²) in [6.07, 6.45) is 1.87. The number of nitrogens with zero attached hydrogens (tertiary/aromatic N) is 2. The van der Waals surface area contributed by atoms with Crippen LogP contribution in [0.5, 0.6) is 0 Å². The zero-order chi connectivity index (χ0) is 27.1. The molecule has 0 amide bonds. The van der Waals surface area contributed by atoms with Crippen LogP contribution in [0.2, 0.25) is 0 Å². The fraction of sp³-hybridized carbons (Fsp3) is 0.229. The molecule has 0 saturated heterocycles. The number of anilines is 3. The third kappa shape index (κ3) is 5.24. The highest BCUT2D eigenvalue weighted by molar-refractivity contribution is 6.33. The molecule has 1 heterocycles. The molecule has 0 radical (unpaired) electrons. The molecule has 0 aliphatic carbocycles. The predicted molar refractivity (Wildman–Crippen MR) is 167 cm³/mol. The number of benzene rings is 4. The van der Waals surface area contributed by atoms with E-state index < -0.39 is 0 Å². The van der Waals surface area contributed by atoms with Crippen molar-refractivity contribution in [2.75, 3.05) is 4.90 Å². The van der Waals surface area contributed by atoms with Crippen molar-refractivity contribution < 1.29 is 0 Å². The van der Waals surface area contributed by atoms with Crippen LogP contribution in [0.1, 0.15) is 52.7 Å². The van der Waals surface area contributed by atoms with Crippen molar-refractivity contribution >= 4 is 41.3 Å². The van der Waals surface area contributed by atoms with E-state index in [1.807, 2.05) is 12.3 Å². The second-order valence-corrected chi connectivity index (χ2v) is 12.4. The quantitative estimate of drug-likeness (QED) is 0.233. The van der Waals surface area contributed by atoms with Crippen LogP contribution in [0, 0.1) is 0 Å². The predicted octanol–water partition coefficient (Wildman–Crippen LogP) is 8.23. The van der Waals surface area contributed by atoms with E-state index in [4.69, 9.17) is 4.98 Å². The van der Waals surface area contributed by atoms with Gasteiger partial charge in [0, 0.05) is 17.3 Å². The maximum Gasteiger partial charge on any atom is 0.139 e. The first-order valence-electron chi connectivity index (χ1n) is 13.5. The molecule has 0 aliphatic heterocycles. The Bertz CT molecular complexity index is 1550. The molecule has 0 spiro atoms. The summed E-state index contributed by atoms with van der Waals surface area (Å²) in [5.41, 5.74) is 8.76. The summed E-state index contributed by atoms with van der Waals surface area (Å²) < 4.78 is 0. The normalized spacial score (nSPS) is 12.1. The van der Waals surface area contributed by atoms with Crippen LogP contribution in [-0.4, -0.2) is 12.8 Å². The average Bonchev–Trinajstić information content (AvgIpc) is 2.88. The Hall–Kier alpha value is -3.85. The smallest absolute Gasteiger partial charge is 0.139 e. The van der Waals surface area contributed by atoms with Crippen LogP contribution in [0.4, 0.5) is 17.2 Å². The highest BCUT2D eigenvalue weighted by Gasteiger charge is 2.22. The molecule has 5 aromatic rings. The minimum absolute atomic E-state index is 0.0611. The minimum Gasteiger partial charge on any atom is -0.294 e. The summed E-state index contributed by atoms with van der Waals surface area (Å²) in [6.45, 7) is 13.8. The van der Waals surface area contributed by atoms with Crippen LogP contribution in [0.25, 0.3) is 21.9 Å². The number of aromatic nitrogens is 1. The van der Waals surface area contributed by atoms with Crippen molar-refractivity contribution in [3.63, 3.8) is 0 Å². The summed E-state index contributed by atoms with van der Waals surface area (Å²) in [7, 11) is 2.19. The zero-order valence-corrected chi connectivity index (χ0v) is 23.7. The van der Waals surface area contributed by atoms with Crippen molar-refractivity contribution in [3.8, 4) is 11.1 Å². The van der Waals surface area contributed by atoms with Crippen LogP contribution >= 0.6 is 0 Å². The SMILES string of the molecule is Bc1cc(-c2cc(C(C)(C)C)cc(C(C)(C)C)c2)cc(N(c2ccccn2)c2cccc3ccccc23)c1. The first-order valence-corrected chi connectivity index (χ1v) is 13.5. The van der Waals surface area contributed by atoms with Gasteiger partial charge in [-0.3, -0.25) is 4.90 Å². The molecule has 3 heteroatoms. The first kappa shape index (κ1) is 25.8. The van der Waals surface area contributed by atoms with Crippen molar-refractivity contribution in [1.29, 1.82) is 0 Å². The Morgan fingerprint density at radius 1 is 0.632 bits per heavy atom. The highest BCUT2D eigenvalue weighted by atomic mass is 15.2. The summed E-state index contributed by atoms with van der Waals surface area (Å²) in [5, 5.41) is 2.42. The lowest BCUT2D eigenvalue weighted by atomic mass is 9.78. The van der Waals surface area contributed by atoms with Gasteiger partial charge < -0.3 is 0 Å². The molecule has 38 heavy (non-hydrogen) atoms. The van der Waals surface area contributed by atoms with Crippen LogP contribution in [0.3, 0.4) is 0 Å². The van der Waals surface area contributed by atoms with Gasteiger partial charge in [-0.1, -0.05) is 114 Å². The third-order valence-electron chi connectivity index (χ3n) is 7.20. The second-order valence-electron chi connectivity index (χ2n) is 12.4. The highest BCUT2D eigenvalue weighted by Crippen LogP contribution is 2.40. The largest absolute Gasteiger partial charge is 0.294 e. The maximum absolute atomic E-state index is 4.79. The fourth-order valence-corrected chi connectivity index (χ4v) is 5.00. The first-order chi connectivity index (χ1) is 18.0. The lowest BCUT2D eigenvalue weighted by molar-refractivity contribution is 0.569. The molecule has 0 aliphatic rings. The van der Waals surface area contributed by atoms with Crippen LogP contribution in [0.15, 0.2) is 103 Å². The van der Waals surface area contributed by atoms with Crippen molar-refractivity contribution in [1.82, 2.24) is 4.98 Å². The van der Waals surface area contributed by atoms with Gasteiger partial charge in [-0.2, -0.15) is 0 Å². The number of hydrogen-bond acceptors (Lipinski definition) is 2. The van der Waals surface area contributed by atoms with Gasteiger partial charge in [0.25, 0.3) is 0 Å². The lowest BCUT2D eigenvalue weighted by Crippen LogP contribution is -2.17. The molecule has 4 aromatic carbocycles. The standard InChI is InChI=1S/C35H37BN2/c1-34(2,3)27-18-25(19-28(22-27)35(4,5)6)26-20-29(36)23-30(21-26)38(33-16-9-10-17-37-33)32-15-11-13-24-12-7-8-14-31(24)32/h7-23H,36H2,1-6H3. The zero-order valence-electron chi connectivity index (χ0n) is 23.7. The van der Waals surface area contributed by atoms with Crippen molar-refractivity contribution in [3.05, 3.63) is 114 Å². The Kier molecular flexibility index (Phi) is 6.65. The summed E-state index contributed by atoms with van der Waals surface area (Å²) in [5.74, 6) is 0.902. The van der Waals surface area contributed by atoms with E-state index in [1.54, 1.807) is 0 Å². The lowest BCUT2D eigenvalue weighted by Gasteiger charge is -2.28. The molecular weight excluding hydrogens is 459 g/mol. The van der Waals surface area contributed by atoms with Crippen LogP contribution in [-0.2, 0) is 10.8 Å². The molecular formula is C35H37BN2. The molecule has 2 nitrogen and oxygen atoms in total. The summed E-state index contributed by atoms with van der Waals surface area (Å²) in [6, 6.07) is 35.2. The Balaban J connectivity index is 1.75. The average molecular weight is 497 g/mol. The topological polar surface area (TPSA) is 16.1 Å². The minimum atomic E-state index is 0.0611. The molecule has 190 valence electrons. The fourth-order valence-electron chi connectivity index (χ4n) is 5.00. The van der Waals surface area contributed by atoms with E-state index in [-0.39, 0.29) is 10.8 Å². The molecule has 0 saturated carbocycles. The van der Waals surface area contributed by atoms with Gasteiger partial charge in [0.15, 0.2) is 0 Å². The van der Waals surface area contributed by atoms with Crippen LogP contribution < -0.4 is 10.4 Å². The molecule has 5 rings (SSSR count). The number of pyridine rings is 1. The van der Waals surface area contributed by atoms with Gasteiger partial charge in [-0.05, 0) is 68.8 Å². The summed E-state index contributed by atoms with van der Waals surface area (Å²) >= 11 is 0. The third-order valence-corrected chi connectivity index (χ3v) is 7.20. The molecule has 0 unspecified atom stereocenters. The van der Waals surface area contributed by atoms with E-state index in [0.29, 0.717) is 0 Å². The number of fused-ring (bicyclic) bond motifs is 1. The van der Waals surface area contributed by atoms with Gasteiger partial charge in [0.2, 0.25) is 0 Å². The van der Waals surface area contributed by atoms with Gasteiger partial charge in [0.1, 0.15) is 13.7 Å². The molecule has 0 atom stereocenters. The van der Waals surface area contributed by atoms with E-state index in [9.17, 15) is 0 Å². The van der Waals surface area contributed by atoms with E-state index in [0.717, 1.165) is 17.2 Å². The monoisotopic (exact) mass is 496 g/mol. The van der Waals surface area contributed by atoms with Gasteiger partial charge in [-0.15, -0.1) is 0 Å².